The van der Waals surface area contributed by atoms with Gasteiger partial charge in [0.15, 0.2) is 0 Å². The Morgan fingerprint density at radius 3 is 2.58 bits per heavy atom. The largest absolute Gasteiger partial charge is 0.383 e. The molecule has 144 valence electrons. The zero-order chi connectivity index (χ0) is 19.2. The Kier molecular flexibility index (Phi) is 7.13. The van der Waals surface area contributed by atoms with E-state index in [1.54, 1.807) is 19.2 Å². The van der Waals surface area contributed by atoms with E-state index in [4.69, 9.17) is 4.74 Å². The van der Waals surface area contributed by atoms with Crippen molar-refractivity contribution >= 4 is 27.5 Å². The molecule has 0 aliphatic carbocycles. The van der Waals surface area contributed by atoms with Crippen molar-refractivity contribution in [2.45, 2.75) is 24.7 Å². The van der Waals surface area contributed by atoms with E-state index in [0.29, 0.717) is 38.2 Å². The summed E-state index contributed by atoms with van der Waals surface area (Å²) in [5.41, 5.74) is 0.533. The zero-order valence-electron chi connectivity index (χ0n) is 15.0. The summed E-state index contributed by atoms with van der Waals surface area (Å²) in [7, 11) is -2.13. The van der Waals surface area contributed by atoms with Gasteiger partial charge in [-0.1, -0.05) is 0 Å². The van der Waals surface area contributed by atoms with Crippen LogP contribution < -0.4 is 10.6 Å². The zero-order valence-corrected chi connectivity index (χ0v) is 15.8. The van der Waals surface area contributed by atoms with Crippen LogP contribution in [0.4, 0.5) is 5.69 Å². The Bertz CT molecular complexity index is 733. The molecular weight excluding hydrogens is 358 g/mol. The molecule has 0 radical (unpaired) electrons. The van der Waals surface area contributed by atoms with Crippen molar-refractivity contribution in [1.82, 2.24) is 9.62 Å². The number of hydrogen-bond donors (Lipinski definition) is 2. The molecule has 0 aromatic heterocycles. The summed E-state index contributed by atoms with van der Waals surface area (Å²) in [5.74, 6) is -0.740. The van der Waals surface area contributed by atoms with Gasteiger partial charge in [0.05, 0.1) is 17.4 Å². The number of benzene rings is 1. The number of sulfonamides is 1. The molecule has 9 heteroatoms. The molecule has 0 bridgehead atoms. The van der Waals surface area contributed by atoms with Crippen LogP contribution in [-0.4, -0.2) is 57.9 Å². The summed E-state index contributed by atoms with van der Waals surface area (Å²) in [6.07, 6.45) is 1.29. The molecule has 2 amide bonds. The highest BCUT2D eigenvalue weighted by atomic mass is 32.2. The minimum atomic E-state index is -3.68. The van der Waals surface area contributed by atoms with Crippen molar-refractivity contribution in [2.75, 3.05) is 38.7 Å². The van der Waals surface area contributed by atoms with Crippen molar-refractivity contribution in [3.63, 3.8) is 0 Å². The predicted molar refractivity (Wildman–Crippen MR) is 97.1 cm³/mol. The summed E-state index contributed by atoms with van der Waals surface area (Å²) >= 11 is 0. The first-order valence-electron chi connectivity index (χ1n) is 8.49. The normalized spacial score (nSPS) is 18.3. The van der Waals surface area contributed by atoms with Gasteiger partial charge < -0.3 is 15.4 Å². The van der Waals surface area contributed by atoms with E-state index in [-0.39, 0.29) is 29.2 Å². The van der Waals surface area contributed by atoms with Gasteiger partial charge in [0.1, 0.15) is 0 Å². The van der Waals surface area contributed by atoms with Gasteiger partial charge in [-0.25, -0.2) is 8.42 Å². The molecule has 1 fully saturated rings. The van der Waals surface area contributed by atoms with Crippen LogP contribution in [0.2, 0.25) is 0 Å². The lowest BCUT2D eigenvalue weighted by Crippen LogP contribution is -2.45. The minimum Gasteiger partial charge on any atom is -0.383 e. The maximum absolute atomic E-state index is 12.8. The minimum absolute atomic E-state index is 0.145. The van der Waals surface area contributed by atoms with Crippen LogP contribution in [0.15, 0.2) is 29.2 Å². The van der Waals surface area contributed by atoms with Gasteiger partial charge in [0.2, 0.25) is 21.8 Å². The first-order chi connectivity index (χ1) is 12.3. The Labute approximate surface area is 153 Å². The molecule has 0 spiro atoms. The molecule has 1 atom stereocenters. The predicted octanol–water partition coefficient (Wildman–Crippen LogP) is 0.808. The van der Waals surface area contributed by atoms with Gasteiger partial charge in [-0.2, -0.15) is 4.31 Å². The number of rotatable bonds is 7. The van der Waals surface area contributed by atoms with Crippen molar-refractivity contribution in [2.24, 2.45) is 5.92 Å². The fourth-order valence-corrected chi connectivity index (χ4v) is 4.38. The monoisotopic (exact) mass is 383 g/mol. The van der Waals surface area contributed by atoms with Crippen LogP contribution >= 0.6 is 0 Å². The third-order valence-electron chi connectivity index (χ3n) is 4.17. The number of piperidine rings is 1. The molecule has 2 rings (SSSR count). The van der Waals surface area contributed by atoms with E-state index in [2.05, 4.69) is 10.6 Å². The Morgan fingerprint density at radius 2 is 1.96 bits per heavy atom. The van der Waals surface area contributed by atoms with Gasteiger partial charge >= 0.3 is 0 Å². The average molecular weight is 383 g/mol. The second-order valence-corrected chi connectivity index (χ2v) is 8.13. The number of nitrogens with one attached hydrogen (secondary N) is 2. The molecular formula is C17H25N3O5S. The van der Waals surface area contributed by atoms with E-state index < -0.39 is 10.0 Å². The summed E-state index contributed by atoms with van der Waals surface area (Å²) in [6, 6.07) is 6.02. The van der Waals surface area contributed by atoms with Crippen LogP contribution in [-0.2, 0) is 24.3 Å². The highest BCUT2D eigenvalue weighted by molar-refractivity contribution is 7.89. The molecule has 1 aromatic rings. The Hall–Kier alpha value is -1.97. The highest BCUT2D eigenvalue weighted by Gasteiger charge is 2.33. The Morgan fingerprint density at radius 1 is 1.27 bits per heavy atom. The van der Waals surface area contributed by atoms with Crippen molar-refractivity contribution < 1.29 is 22.7 Å². The molecule has 8 nitrogen and oxygen atoms in total. The summed E-state index contributed by atoms with van der Waals surface area (Å²) < 4.78 is 31.9. The van der Waals surface area contributed by atoms with Crippen LogP contribution in [0.5, 0.6) is 0 Å². The second-order valence-electron chi connectivity index (χ2n) is 6.19. The average Bonchev–Trinajstić information content (AvgIpc) is 2.62. The van der Waals surface area contributed by atoms with Gasteiger partial charge in [-0.05, 0) is 37.1 Å². The number of amides is 2. The SMILES string of the molecule is COCCNC(=O)C1CCCN(S(=O)(=O)c2ccc(NC(C)=O)cc2)C1. The van der Waals surface area contributed by atoms with E-state index in [0.717, 1.165) is 0 Å². The van der Waals surface area contributed by atoms with Crippen LogP contribution in [0.3, 0.4) is 0 Å². The van der Waals surface area contributed by atoms with Gasteiger partial charge in [-0.3, -0.25) is 9.59 Å². The number of carbonyl (C=O) groups excluding carboxylic acids is 2. The topological polar surface area (TPSA) is 105 Å². The molecule has 1 unspecified atom stereocenters. The molecule has 1 heterocycles. The third-order valence-corrected chi connectivity index (χ3v) is 6.05. The number of nitrogens with zero attached hydrogens (tertiary/aromatic N) is 1. The number of carbonyl (C=O) groups is 2. The maximum Gasteiger partial charge on any atom is 0.243 e. The number of ether oxygens (including phenoxy) is 1. The van der Waals surface area contributed by atoms with E-state index >= 15 is 0 Å². The van der Waals surface area contributed by atoms with E-state index in [1.807, 2.05) is 0 Å². The standard InChI is InChI=1S/C17H25N3O5S/c1-13(21)19-15-5-7-16(8-6-15)26(23,24)20-10-3-4-14(12-20)17(22)18-9-11-25-2/h5-8,14H,3-4,9-12H2,1-2H3,(H,18,22)(H,19,21). The van der Waals surface area contributed by atoms with E-state index in [9.17, 15) is 18.0 Å². The van der Waals surface area contributed by atoms with Gasteiger partial charge in [0.25, 0.3) is 0 Å². The molecule has 0 saturated carbocycles. The first kappa shape index (κ1) is 20.3. The molecule has 1 saturated heterocycles. The molecule has 1 aliphatic heterocycles. The molecule has 26 heavy (non-hydrogen) atoms. The van der Waals surface area contributed by atoms with Crippen molar-refractivity contribution in [3.8, 4) is 0 Å². The molecule has 1 aliphatic rings. The second kappa shape index (κ2) is 9.11. The summed E-state index contributed by atoms with van der Waals surface area (Å²) in [5, 5.41) is 5.36. The third kappa shape index (κ3) is 5.26. The molecule has 1 aromatic carbocycles. The van der Waals surface area contributed by atoms with Crippen molar-refractivity contribution in [1.29, 1.82) is 0 Å². The van der Waals surface area contributed by atoms with Crippen LogP contribution in [0, 0.1) is 5.92 Å². The molecule has 2 N–H and O–H groups in total. The fourth-order valence-electron chi connectivity index (χ4n) is 2.86. The fraction of sp³-hybridized carbons (Fsp3) is 0.529. The van der Waals surface area contributed by atoms with Crippen molar-refractivity contribution in [3.05, 3.63) is 24.3 Å². The number of anilines is 1. The maximum atomic E-state index is 12.8. The first-order valence-corrected chi connectivity index (χ1v) is 9.93. The van der Waals surface area contributed by atoms with Gasteiger partial charge in [-0.15, -0.1) is 0 Å². The van der Waals surface area contributed by atoms with Gasteiger partial charge in [0, 0.05) is 39.4 Å². The number of hydrogen-bond acceptors (Lipinski definition) is 5. The summed E-state index contributed by atoms with van der Waals surface area (Å²) in [6.45, 7) is 2.76. The summed E-state index contributed by atoms with van der Waals surface area (Å²) in [4.78, 5) is 23.4. The smallest absolute Gasteiger partial charge is 0.243 e. The van der Waals surface area contributed by atoms with E-state index in [1.165, 1.54) is 23.4 Å². The number of methoxy groups -OCH3 is 1. The Balaban J connectivity index is 2.05. The highest BCUT2D eigenvalue weighted by Crippen LogP contribution is 2.24. The quantitative estimate of drug-likeness (QED) is 0.678. The lowest BCUT2D eigenvalue weighted by Gasteiger charge is -2.31. The lowest BCUT2D eigenvalue weighted by atomic mass is 9.99. The lowest BCUT2D eigenvalue weighted by molar-refractivity contribution is -0.126. The van der Waals surface area contributed by atoms with Crippen LogP contribution in [0.1, 0.15) is 19.8 Å². The van der Waals surface area contributed by atoms with Crippen LogP contribution in [0.25, 0.3) is 0 Å².